The number of nitrogens with two attached hydrogens (primary N) is 1. The van der Waals surface area contributed by atoms with Crippen molar-refractivity contribution in [1.82, 2.24) is 0 Å². The number of anilines is 2. The number of hydrogen-bond donors (Lipinski definition) is 3. The van der Waals surface area contributed by atoms with E-state index in [1.165, 1.54) is 11.3 Å². The van der Waals surface area contributed by atoms with Crippen LogP contribution in [0.25, 0.3) is 5.57 Å². The number of carbonyl (C=O) groups excluding carboxylic acids is 1. The molecule has 30 heavy (non-hydrogen) atoms. The molecular formula is C21H16ClN3O4S. The number of rotatable bonds is 4. The predicted octanol–water partition coefficient (Wildman–Crippen LogP) is 4.75. The number of thiophene rings is 1. The van der Waals surface area contributed by atoms with Crippen molar-refractivity contribution in [3.05, 3.63) is 74.4 Å². The summed E-state index contributed by atoms with van der Waals surface area (Å²) in [5.74, 6) is -0.279. The molecule has 0 spiro atoms. The van der Waals surface area contributed by atoms with Crippen LogP contribution in [0.2, 0.25) is 5.02 Å². The topological polar surface area (TPSA) is 118 Å². The van der Waals surface area contributed by atoms with Gasteiger partial charge in [0.1, 0.15) is 11.8 Å². The Morgan fingerprint density at radius 1 is 1.43 bits per heavy atom. The first-order chi connectivity index (χ1) is 14.4. The quantitative estimate of drug-likeness (QED) is 0.630. The van der Waals surface area contributed by atoms with Gasteiger partial charge in [-0.1, -0.05) is 11.6 Å². The predicted molar refractivity (Wildman–Crippen MR) is 115 cm³/mol. The molecule has 0 unspecified atom stereocenters. The molecule has 9 heteroatoms. The average molecular weight is 442 g/mol. The second-order valence-electron chi connectivity index (χ2n) is 6.41. The van der Waals surface area contributed by atoms with Crippen LogP contribution < -0.4 is 11.1 Å². The van der Waals surface area contributed by atoms with Crippen LogP contribution >= 0.6 is 22.9 Å². The number of hydrogen-bond acceptors (Lipinski definition) is 7. The third-order valence-corrected chi connectivity index (χ3v) is 5.93. The van der Waals surface area contributed by atoms with Gasteiger partial charge in [0.25, 0.3) is 5.91 Å². The first-order valence-corrected chi connectivity index (χ1v) is 10.2. The molecule has 1 aliphatic carbocycles. The maximum atomic E-state index is 13.0. The molecule has 4 N–H and O–H groups in total. The molecule has 0 saturated carbocycles. The van der Waals surface area contributed by atoms with Gasteiger partial charge < -0.3 is 25.6 Å². The number of carbonyl (C=O) groups is 1. The third kappa shape index (κ3) is 3.28. The standard InChI is InChI=1S/C21H16ClN3O4S/c1-2-28-17-13(9-23)21(27)29-14-8-7-12-15(19(24)30-18(12)16(14)17)20(26)25-11-5-3-10(22)4-6-11/h3-6,8,27H,2,7,24H2,1H3,(H,25,26). The van der Waals surface area contributed by atoms with Gasteiger partial charge in [-0.25, -0.2) is 0 Å². The third-order valence-electron chi connectivity index (χ3n) is 4.60. The number of nitrogens with zero attached hydrogens (tertiary/aromatic N) is 1. The highest BCUT2D eigenvalue weighted by Gasteiger charge is 2.36. The summed E-state index contributed by atoms with van der Waals surface area (Å²) in [7, 11) is 0. The van der Waals surface area contributed by atoms with Gasteiger partial charge in [0.2, 0.25) is 0 Å². The van der Waals surface area contributed by atoms with Crippen molar-refractivity contribution in [2.24, 2.45) is 0 Å². The molecule has 0 atom stereocenters. The highest BCUT2D eigenvalue weighted by atomic mass is 35.5. The highest BCUT2D eigenvalue weighted by molar-refractivity contribution is 7.17. The van der Waals surface area contributed by atoms with Crippen molar-refractivity contribution in [2.45, 2.75) is 13.3 Å². The monoisotopic (exact) mass is 441 g/mol. The number of fused-ring (bicyclic) bond motifs is 3. The molecule has 2 aromatic rings. The van der Waals surface area contributed by atoms with E-state index in [9.17, 15) is 15.2 Å². The SMILES string of the molecule is CCOC1=C2C(=CCc3c2sc(N)c3C(=O)Nc2ccc(Cl)cc2)OC(O)=C1C#N. The summed E-state index contributed by atoms with van der Waals surface area (Å²) in [6, 6.07) is 8.67. The number of aliphatic hydroxyl groups is 1. The maximum absolute atomic E-state index is 13.0. The summed E-state index contributed by atoms with van der Waals surface area (Å²) in [4.78, 5) is 13.7. The number of ether oxygens (including phenoxy) is 2. The van der Waals surface area contributed by atoms with Crippen LogP contribution in [-0.4, -0.2) is 17.6 Å². The zero-order chi connectivity index (χ0) is 21.4. The number of allylic oxidation sites excluding steroid dienone is 3. The minimum Gasteiger partial charge on any atom is -0.491 e. The molecule has 0 fully saturated rings. The zero-order valence-corrected chi connectivity index (χ0v) is 17.4. The lowest BCUT2D eigenvalue weighted by molar-refractivity contribution is 0.102. The molecule has 4 rings (SSSR count). The Morgan fingerprint density at radius 3 is 2.83 bits per heavy atom. The number of aliphatic hydroxyl groups excluding tert-OH is 1. The minimum absolute atomic E-state index is 0.101. The van der Waals surface area contributed by atoms with Crippen LogP contribution in [0, 0.1) is 11.3 Å². The first kappa shape index (κ1) is 19.9. The number of benzene rings is 1. The lowest BCUT2D eigenvalue weighted by Crippen LogP contribution is -2.18. The maximum Gasteiger partial charge on any atom is 0.304 e. The largest absolute Gasteiger partial charge is 0.491 e. The van der Waals surface area contributed by atoms with Crippen molar-refractivity contribution in [2.75, 3.05) is 17.7 Å². The Labute approximate surface area is 181 Å². The number of nitriles is 1. The fraction of sp³-hybridized carbons (Fsp3) is 0.143. The van der Waals surface area contributed by atoms with Gasteiger partial charge in [-0.2, -0.15) is 5.26 Å². The van der Waals surface area contributed by atoms with E-state index in [1.807, 2.05) is 6.07 Å². The van der Waals surface area contributed by atoms with Crippen molar-refractivity contribution in [3.63, 3.8) is 0 Å². The second kappa shape index (κ2) is 7.78. The fourth-order valence-corrected chi connectivity index (χ4v) is 4.61. The second-order valence-corrected chi connectivity index (χ2v) is 7.90. The van der Waals surface area contributed by atoms with Gasteiger partial charge in [-0.15, -0.1) is 11.3 Å². The number of halogens is 1. The van der Waals surface area contributed by atoms with E-state index in [-0.39, 0.29) is 23.8 Å². The van der Waals surface area contributed by atoms with E-state index >= 15 is 0 Å². The van der Waals surface area contributed by atoms with Gasteiger partial charge in [0, 0.05) is 15.6 Å². The Balaban J connectivity index is 1.80. The molecule has 1 aliphatic heterocycles. The van der Waals surface area contributed by atoms with E-state index in [0.717, 1.165) is 0 Å². The van der Waals surface area contributed by atoms with Gasteiger partial charge in [-0.3, -0.25) is 4.79 Å². The lowest BCUT2D eigenvalue weighted by atomic mass is 9.92. The van der Waals surface area contributed by atoms with E-state index in [0.29, 0.717) is 49.5 Å². The normalized spacial score (nSPS) is 14.9. The van der Waals surface area contributed by atoms with Gasteiger partial charge >= 0.3 is 5.95 Å². The van der Waals surface area contributed by atoms with Gasteiger partial charge in [0.15, 0.2) is 11.3 Å². The molecule has 1 aromatic carbocycles. The number of nitrogens with one attached hydrogen (secondary N) is 1. The summed E-state index contributed by atoms with van der Waals surface area (Å²) in [6.07, 6.45) is 2.10. The summed E-state index contributed by atoms with van der Waals surface area (Å²) in [5, 5.41) is 23.2. The van der Waals surface area contributed by atoms with Crippen molar-refractivity contribution >= 4 is 45.1 Å². The van der Waals surface area contributed by atoms with Gasteiger partial charge in [0.05, 0.1) is 22.7 Å². The highest BCUT2D eigenvalue weighted by Crippen LogP contribution is 2.47. The molecule has 7 nitrogen and oxygen atoms in total. The van der Waals surface area contributed by atoms with Crippen LogP contribution in [0.5, 0.6) is 0 Å². The average Bonchev–Trinajstić information content (AvgIpc) is 3.05. The van der Waals surface area contributed by atoms with Gasteiger partial charge in [-0.05, 0) is 49.2 Å². The molecule has 0 bridgehead atoms. The van der Waals surface area contributed by atoms with E-state index < -0.39 is 5.95 Å². The fourth-order valence-electron chi connectivity index (χ4n) is 3.34. The lowest BCUT2D eigenvalue weighted by Gasteiger charge is -2.25. The van der Waals surface area contributed by atoms with E-state index in [4.69, 9.17) is 26.8 Å². The summed E-state index contributed by atoms with van der Waals surface area (Å²) < 4.78 is 11.1. The number of nitrogen functional groups attached to an aromatic ring is 1. The van der Waals surface area contributed by atoms with Crippen molar-refractivity contribution < 1.29 is 19.4 Å². The van der Waals surface area contributed by atoms with Crippen LogP contribution in [0.3, 0.4) is 0 Å². The molecule has 152 valence electrons. The molecule has 0 saturated heterocycles. The molecule has 2 heterocycles. The molecule has 1 amide bonds. The molecule has 1 aromatic heterocycles. The summed E-state index contributed by atoms with van der Waals surface area (Å²) in [5.41, 5.74) is 8.29. The molecule has 2 aliphatic rings. The molecular weight excluding hydrogens is 426 g/mol. The Kier molecular flexibility index (Phi) is 5.16. The smallest absolute Gasteiger partial charge is 0.304 e. The number of amides is 1. The van der Waals surface area contributed by atoms with Crippen LogP contribution in [0.1, 0.15) is 27.7 Å². The summed E-state index contributed by atoms with van der Waals surface area (Å²) >= 11 is 7.11. The van der Waals surface area contributed by atoms with Crippen LogP contribution in [0.15, 0.2) is 53.4 Å². The molecule has 0 radical (unpaired) electrons. The van der Waals surface area contributed by atoms with E-state index in [2.05, 4.69) is 5.32 Å². The van der Waals surface area contributed by atoms with Crippen molar-refractivity contribution in [3.8, 4) is 6.07 Å². The summed E-state index contributed by atoms with van der Waals surface area (Å²) in [6.45, 7) is 2.06. The first-order valence-electron chi connectivity index (χ1n) is 9.02. The van der Waals surface area contributed by atoms with Crippen molar-refractivity contribution in [1.29, 1.82) is 5.26 Å². The Bertz CT molecular complexity index is 1190. The zero-order valence-electron chi connectivity index (χ0n) is 15.8. The van der Waals surface area contributed by atoms with E-state index in [1.54, 1.807) is 37.3 Å². The minimum atomic E-state index is -0.510. The van der Waals surface area contributed by atoms with Crippen LogP contribution in [0.4, 0.5) is 10.7 Å². The Hall–Kier alpha value is -3.41. The Morgan fingerprint density at radius 2 is 2.17 bits per heavy atom. The van der Waals surface area contributed by atoms with Crippen LogP contribution in [-0.2, 0) is 15.9 Å².